The molecular weight excluding hydrogens is 508 g/mol. The molecule has 1 N–H and O–H groups in total. The van der Waals surface area contributed by atoms with Crippen LogP contribution in [0, 0.1) is 11.8 Å². The van der Waals surface area contributed by atoms with Crippen molar-refractivity contribution in [2.45, 2.75) is 121 Å². The number of carbonyl (C=O) groups is 3. The predicted molar refractivity (Wildman–Crippen MR) is 155 cm³/mol. The molecule has 3 fully saturated rings. The lowest BCUT2D eigenvalue weighted by Gasteiger charge is -2.39. The molecule has 8 heteroatoms. The van der Waals surface area contributed by atoms with Crippen molar-refractivity contribution in [2.24, 2.45) is 11.8 Å². The van der Waals surface area contributed by atoms with E-state index >= 15 is 0 Å². The van der Waals surface area contributed by atoms with Crippen LogP contribution in [-0.4, -0.2) is 82.3 Å². The number of allylic oxidation sites excluding steroid dienone is 1. The van der Waals surface area contributed by atoms with Gasteiger partial charge in [0, 0.05) is 25.7 Å². The molecular formula is C32H52N2O6. The lowest BCUT2D eigenvalue weighted by atomic mass is 9.65. The first-order valence-electron chi connectivity index (χ1n) is 15.6. The number of aliphatic hydroxyl groups is 1. The van der Waals surface area contributed by atoms with E-state index in [0.29, 0.717) is 45.4 Å². The van der Waals surface area contributed by atoms with Crippen LogP contribution in [0.25, 0.3) is 0 Å². The average molecular weight is 561 g/mol. The van der Waals surface area contributed by atoms with Gasteiger partial charge < -0.3 is 24.4 Å². The first-order valence-corrected chi connectivity index (χ1v) is 15.6. The quantitative estimate of drug-likeness (QED) is 0.139. The molecule has 226 valence electrons. The van der Waals surface area contributed by atoms with E-state index < -0.39 is 29.1 Å². The van der Waals surface area contributed by atoms with Crippen LogP contribution in [-0.2, 0) is 23.9 Å². The first-order chi connectivity index (χ1) is 19.3. The van der Waals surface area contributed by atoms with Crippen LogP contribution in [0.2, 0.25) is 0 Å². The lowest BCUT2D eigenvalue weighted by molar-refractivity contribution is -0.162. The van der Waals surface area contributed by atoms with Crippen molar-refractivity contribution in [3.63, 3.8) is 0 Å². The Labute approximate surface area is 241 Å². The molecule has 3 aliphatic rings. The zero-order chi connectivity index (χ0) is 29.3. The van der Waals surface area contributed by atoms with Crippen molar-refractivity contribution < 1.29 is 29.0 Å². The van der Waals surface area contributed by atoms with Gasteiger partial charge in [-0.2, -0.15) is 0 Å². The van der Waals surface area contributed by atoms with E-state index in [1.165, 1.54) is 0 Å². The highest BCUT2D eigenvalue weighted by Crippen LogP contribution is 2.64. The van der Waals surface area contributed by atoms with E-state index in [1.54, 1.807) is 11.0 Å². The van der Waals surface area contributed by atoms with Crippen molar-refractivity contribution in [3.8, 4) is 0 Å². The van der Waals surface area contributed by atoms with Crippen LogP contribution in [0.5, 0.6) is 0 Å². The molecule has 40 heavy (non-hydrogen) atoms. The van der Waals surface area contributed by atoms with Crippen LogP contribution < -0.4 is 0 Å². The number of rotatable bonds is 19. The molecule has 3 unspecified atom stereocenters. The molecule has 8 nitrogen and oxygen atoms in total. The van der Waals surface area contributed by atoms with E-state index in [1.807, 2.05) is 24.8 Å². The molecule has 2 amide bonds. The number of aliphatic hydroxyl groups excluding tert-OH is 1. The minimum absolute atomic E-state index is 0.0116. The summed E-state index contributed by atoms with van der Waals surface area (Å²) in [4.78, 5) is 45.9. The van der Waals surface area contributed by atoms with Gasteiger partial charge >= 0.3 is 5.97 Å². The van der Waals surface area contributed by atoms with E-state index in [-0.39, 0.29) is 30.4 Å². The number of unbranched alkanes of at least 4 members (excludes halogenated alkanes) is 5. The molecule has 3 heterocycles. The van der Waals surface area contributed by atoms with Crippen LogP contribution in [0.1, 0.15) is 97.8 Å². The van der Waals surface area contributed by atoms with Gasteiger partial charge in [-0.25, -0.2) is 0 Å². The van der Waals surface area contributed by atoms with Crippen molar-refractivity contribution in [1.82, 2.24) is 9.80 Å². The van der Waals surface area contributed by atoms with Crippen molar-refractivity contribution in [2.75, 3.05) is 26.3 Å². The summed E-state index contributed by atoms with van der Waals surface area (Å²) in [5, 5.41) is 9.17. The number of nitrogens with zero attached hydrogens (tertiary/aromatic N) is 2. The summed E-state index contributed by atoms with van der Waals surface area (Å²) in [7, 11) is 0. The van der Waals surface area contributed by atoms with Gasteiger partial charge in [-0.1, -0.05) is 45.3 Å². The number of esters is 1. The summed E-state index contributed by atoms with van der Waals surface area (Å²) >= 11 is 0. The number of likely N-dealkylation sites (tertiary alicyclic amines) is 1. The van der Waals surface area contributed by atoms with Gasteiger partial charge in [-0.15, -0.1) is 13.2 Å². The largest absolute Gasteiger partial charge is 0.465 e. The number of ether oxygens (including phenoxy) is 2. The van der Waals surface area contributed by atoms with Gasteiger partial charge in [0.1, 0.15) is 17.6 Å². The third-order valence-electron chi connectivity index (χ3n) is 9.37. The van der Waals surface area contributed by atoms with Crippen molar-refractivity contribution >= 4 is 17.8 Å². The smallest absolute Gasteiger partial charge is 0.312 e. The zero-order valence-corrected chi connectivity index (χ0v) is 25.1. The topological polar surface area (TPSA) is 96.4 Å². The molecule has 3 rings (SSSR count). The molecule has 0 aromatic heterocycles. The molecule has 3 saturated heterocycles. The molecule has 1 spiro atoms. The fourth-order valence-corrected chi connectivity index (χ4v) is 7.35. The van der Waals surface area contributed by atoms with Gasteiger partial charge in [-0.05, 0) is 64.7 Å². The Bertz CT molecular complexity index is 908. The third kappa shape index (κ3) is 6.18. The second-order valence-electron chi connectivity index (χ2n) is 11.9. The standard InChI is InChI=1S/C32H52N2O6/c1-6-10-11-16-23-39-30(38)26-25-28(36)34(21-14-12-13-15-22-35)27(32(25)19-18-31(26,9-4)40-32)29(37)33(20-8-3)24(5)17-7-2/h6,8,24-27,35H,1,3,7,9-23H2,2,4-5H3/t24?,25-,26-,27?,31+,32?/m0/s1. The van der Waals surface area contributed by atoms with Gasteiger partial charge in [0.25, 0.3) is 0 Å². The minimum atomic E-state index is -1.03. The van der Waals surface area contributed by atoms with Crippen molar-refractivity contribution in [1.29, 1.82) is 0 Å². The lowest BCUT2D eigenvalue weighted by Crippen LogP contribution is -2.58. The van der Waals surface area contributed by atoms with Gasteiger partial charge in [0.2, 0.25) is 11.8 Å². The molecule has 2 bridgehead atoms. The zero-order valence-electron chi connectivity index (χ0n) is 25.1. The molecule has 0 radical (unpaired) electrons. The Kier molecular flexibility index (Phi) is 11.8. The number of amides is 2. The first kappa shape index (κ1) is 32.3. The fraction of sp³-hybridized carbons (Fsp3) is 0.781. The van der Waals surface area contributed by atoms with E-state index in [4.69, 9.17) is 14.6 Å². The maximum absolute atomic E-state index is 14.5. The number of hydrogen-bond acceptors (Lipinski definition) is 6. The summed E-state index contributed by atoms with van der Waals surface area (Å²) in [6, 6.07) is -0.788. The Morgan fingerprint density at radius 1 is 1.15 bits per heavy atom. The summed E-state index contributed by atoms with van der Waals surface area (Å²) in [6.45, 7) is 15.0. The van der Waals surface area contributed by atoms with Gasteiger partial charge in [0.05, 0.1) is 18.1 Å². The van der Waals surface area contributed by atoms with Crippen molar-refractivity contribution in [3.05, 3.63) is 25.3 Å². The molecule has 3 aliphatic heterocycles. The summed E-state index contributed by atoms with van der Waals surface area (Å²) in [6.07, 6.45) is 12.8. The minimum Gasteiger partial charge on any atom is -0.465 e. The van der Waals surface area contributed by atoms with Crippen LogP contribution in [0.3, 0.4) is 0 Å². The van der Waals surface area contributed by atoms with Crippen LogP contribution >= 0.6 is 0 Å². The number of hydrogen-bond donors (Lipinski definition) is 1. The molecule has 0 aromatic rings. The Balaban J connectivity index is 1.95. The second-order valence-corrected chi connectivity index (χ2v) is 11.9. The Morgan fingerprint density at radius 2 is 1.90 bits per heavy atom. The fourth-order valence-electron chi connectivity index (χ4n) is 7.35. The maximum Gasteiger partial charge on any atom is 0.312 e. The van der Waals surface area contributed by atoms with Gasteiger partial charge in [0.15, 0.2) is 0 Å². The average Bonchev–Trinajstić information content (AvgIpc) is 3.54. The number of fused-ring (bicyclic) bond motifs is 1. The molecule has 6 atom stereocenters. The highest BCUT2D eigenvalue weighted by atomic mass is 16.6. The predicted octanol–water partition coefficient (Wildman–Crippen LogP) is 4.80. The highest BCUT2D eigenvalue weighted by Gasteiger charge is 2.79. The maximum atomic E-state index is 14.5. The monoisotopic (exact) mass is 560 g/mol. The summed E-state index contributed by atoms with van der Waals surface area (Å²) < 4.78 is 12.6. The SMILES string of the molecule is C=CCCCCOC(=O)[C@@H]1[C@H]2C(=O)N(CCCCCCO)C(C(=O)N(CC=C)C(C)CCC)C23CC[C@@]1(CC)O3. The Morgan fingerprint density at radius 3 is 2.55 bits per heavy atom. The molecule has 0 aromatic carbocycles. The van der Waals surface area contributed by atoms with Gasteiger partial charge in [-0.3, -0.25) is 14.4 Å². The third-order valence-corrected chi connectivity index (χ3v) is 9.37. The number of carbonyl (C=O) groups excluding carboxylic acids is 3. The van der Waals surface area contributed by atoms with E-state index in [2.05, 4.69) is 20.1 Å². The van der Waals surface area contributed by atoms with E-state index in [0.717, 1.165) is 51.4 Å². The highest BCUT2D eigenvalue weighted by molar-refractivity contribution is 5.98. The summed E-state index contributed by atoms with van der Waals surface area (Å²) in [5.74, 6) is -2.09. The second kappa shape index (κ2) is 14.6. The Hall–Kier alpha value is -2.19. The van der Waals surface area contributed by atoms with Crippen LogP contribution in [0.15, 0.2) is 25.3 Å². The summed E-state index contributed by atoms with van der Waals surface area (Å²) in [5.41, 5.74) is -1.82. The normalized spacial score (nSPS) is 29.4. The van der Waals surface area contributed by atoms with E-state index in [9.17, 15) is 14.4 Å². The molecule has 0 saturated carbocycles. The van der Waals surface area contributed by atoms with Crippen LogP contribution in [0.4, 0.5) is 0 Å². The molecule has 0 aliphatic carbocycles.